The summed E-state index contributed by atoms with van der Waals surface area (Å²) in [6.45, 7) is 10.1. The first kappa shape index (κ1) is 16.2. The smallest absolute Gasteiger partial charge is 0.0724 e. The zero-order valence-corrected chi connectivity index (χ0v) is 15.6. The van der Waals surface area contributed by atoms with Gasteiger partial charge in [0.1, 0.15) is 0 Å². The molecule has 0 saturated heterocycles. The molecule has 0 bridgehead atoms. The molecule has 23 heavy (non-hydrogen) atoms. The molecule has 0 spiro atoms. The van der Waals surface area contributed by atoms with E-state index >= 15 is 0 Å². The minimum absolute atomic E-state index is 0.166. The van der Waals surface area contributed by atoms with Gasteiger partial charge in [-0.25, -0.2) is 0 Å². The largest absolute Gasteiger partial charge is 0.389 e. The molecule has 7 atom stereocenters. The second-order valence-corrected chi connectivity index (χ2v) is 10.1. The fourth-order valence-corrected chi connectivity index (χ4v) is 7.85. The van der Waals surface area contributed by atoms with Crippen molar-refractivity contribution in [2.75, 3.05) is 0 Å². The van der Waals surface area contributed by atoms with Crippen LogP contribution in [-0.2, 0) is 0 Å². The summed E-state index contributed by atoms with van der Waals surface area (Å²) in [4.78, 5) is 0. The summed E-state index contributed by atoms with van der Waals surface area (Å²) < 4.78 is 0. The summed E-state index contributed by atoms with van der Waals surface area (Å²) in [6, 6.07) is 0. The molecule has 1 heteroatoms. The van der Waals surface area contributed by atoms with Crippen LogP contribution in [0.1, 0.15) is 79.1 Å². The molecule has 4 rings (SSSR count). The van der Waals surface area contributed by atoms with E-state index in [1.165, 1.54) is 44.9 Å². The summed E-state index contributed by atoms with van der Waals surface area (Å²) in [6.07, 6.45) is 12.8. The Kier molecular flexibility index (Phi) is 3.76. The van der Waals surface area contributed by atoms with Crippen molar-refractivity contribution in [1.82, 2.24) is 0 Å². The number of hydrogen-bond donors (Lipinski definition) is 1. The Morgan fingerprint density at radius 2 is 1.78 bits per heavy atom. The average molecular weight is 317 g/mol. The Morgan fingerprint density at radius 1 is 1.00 bits per heavy atom. The van der Waals surface area contributed by atoms with Gasteiger partial charge in [-0.1, -0.05) is 39.3 Å². The molecule has 3 fully saturated rings. The molecule has 0 amide bonds. The molecule has 4 aliphatic rings. The van der Waals surface area contributed by atoms with Gasteiger partial charge in [0.05, 0.1) is 6.10 Å². The highest BCUT2D eigenvalue weighted by Crippen LogP contribution is 2.67. The van der Waals surface area contributed by atoms with Crippen LogP contribution < -0.4 is 0 Å². The Balaban J connectivity index is 1.64. The van der Waals surface area contributed by atoms with Crippen molar-refractivity contribution in [2.45, 2.75) is 85.2 Å². The van der Waals surface area contributed by atoms with Gasteiger partial charge in [0.15, 0.2) is 0 Å². The highest BCUT2D eigenvalue weighted by Gasteiger charge is 2.59. The number of hydrogen-bond acceptors (Lipinski definition) is 1. The molecule has 0 aromatic heterocycles. The normalized spacial score (nSPS) is 52.6. The Bertz CT molecular complexity index is 506. The van der Waals surface area contributed by atoms with Gasteiger partial charge in [0, 0.05) is 0 Å². The van der Waals surface area contributed by atoms with Crippen LogP contribution >= 0.6 is 0 Å². The SMILES string of the molecule is CC(C)[C@H]1CC[C@H]2[C@@H]3CCC4=C[C@@H](O)CC[C@]4(C)[C@H]3CC[C@]12C. The standard InChI is InChI=1S/C22H36O/c1-14(2)18-7-8-19-17-6-5-15-13-16(23)9-11-21(15,3)20(17)10-12-22(18,19)4/h13-14,16-20,23H,5-12H2,1-4H3/t16-,17-,18+,19-,20-,21-,22+/m0/s1. The molecule has 0 aromatic carbocycles. The fraction of sp³-hybridized carbons (Fsp3) is 0.909. The predicted molar refractivity (Wildman–Crippen MR) is 96.0 cm³/mol. The minimum Gasteiger partial charge on any atom is -0.389 e. The number of fused-ring (bicyclic) bond motifs is 5. The molecular weight excluding hydrogens is 280 g/mol. The van der Waals surface area contributed by atoms with Gasteiger partial charge in [-0.3, -0.25) is 0 Å². The van der Waals surface area contributed by atoms with Gasteiger partial charge >= 0.3 is 0 Å². The first-order valence-corrected chi connectivity index (χ1v) is 10.3. The minimum atomic E-state index is -0.166. The predicted octanol–water partition coefficient (Wildman–Crippen LogP) is 5.58. The van der Waals surface area contributed by atoms with Crippen LogP contribution in [0.3, 0.4) is 0 Å². The third-order valence-electron chi connectivity index (χ3n) is 8.97. The molecule has 3 saturated carbocycles. The van der Waals surface area contributed by atoms with Crippen LogP contribution in [0.25, 0.3) is 0 Å². The zero-order chi connectivity index (χ0) is 16.4. The van der Waals surface area contributed by atoms with Crippen LogP contribution in [-0.4, -0.2) is 11.2 Å². The molecule has 0 unspecified atom stereocenters. The van der Waals surface area contributed by atoms with Crippen molar-refractivity contribution in [3.8, 4) is 0 Å². The van der Waals surface area contributed by atoms with E-state index in [2.05, 4.69) is 33.8 Å². The van der Waals surface area contributed by atoms with Gasteiger partial charge in [0.25, 0.3) is 0 Å². The Morgan fingerprint density at radius 3 is 2.52 bits per heavy atom. The number of rotatable bonds is 1. The highest BCUT2D eigenvalue weighted by atomic mass is 16.3. The lowest BCUT2D eigenvalue weighted by Crippen LogP contribution is -2.51. The summed E-state index contributed by atoms with van der Waals surface area (Å²) in [7, 11) is 0. The molecule has 1 N–H and O–H groups in total. The van der Waals surface area contributed by atoms with Crippen molar-refractivity contribution >= 4 is 0 Å². The molecular formula is C22H36O. The van der Waals surface area contributed by atoms with Gasteiger partial charge in [-0.15, -0.1) is 0 Å². The van der Waals surface area contributed by atoms with Crippen molar-refractivity contribution in [3.05, 3.63) is 11.6 Å². The van der Waals surface area contributed by atoms with E-state index in [0.29, 0.717) is 10.8 Å². The Labute approximate surface area is 142 Å². The third-order valence-corrected chi connectivity index (χ3v) is 8.97. The van der Waals surface area contributed by atoms with Crippen molar-refractivity contribution in [1.29, 1.82) is 0 Å². The van der Waals surface area contributed by atoms with E-state index in [9.17, 15) is 5.11 Å². The molecule has 0 aliphatic heterocycles. The summed E-state index contributed by atoms with van der Waals surface area (Å²) >= 11 is 0. The summed E-state index contributed by atoms with van der Waals surface area (Å²) in [5.74, 6) is 4.61. The van der Waals surface area contributed by atoms with Crippen molar-refractivity contribution < 1.29 is 5.11 Å². The maximum Gasteiger partial charge on any atom is 0.0724 e. The first-order chi connectivity index (χ1) is 10.9. The average Bonchev–Trinajstić information content (AvgIpc) is 2.85. The van der Waals surface area contributed by atoms with Crippen LogP contribution in [0.5, 0.6) is 0 Å². The van der Waals surface area contributed by atoms with Gasteiger partial charge < -0.3 is 5.11 Å². The number of allylic oxidation sites excluding steroid dienone is 1. The molecule has 0 aromatic rings. The maximum atomic E-state index is 10.1. The monoisotopic (exact) mass is 316 g/mol. The molecule has 0 heterocycles. The van der Waals surface area contributed by atoms with Crippen LogP contribution in [0, 0.1) is 40.4 Å². The first-order valence-electron chi connectivity index (χ1n) is 10.3. The van der Waals surface area contributed by atoms with E-state index in [1.54, 1.807) is 5.57 Å². The number of aliphatic hydroxyl groups is 1. The van der Waals surface area contributed by atoms with Gasteiger partial charge in [0.2, 0.25) is 0 Å². The second-order valence-electron chi connectivity index (χ2n) is 10.1. The Hall–Kier alpha value is -0.300. The summed E-state index contributed by atoms with van der Waals surface area (Å²) in [5, 5.41) is 10.1. The van der Waals surface area contributed by atoms with E-state index in [-0.39, 0.29) is 6.10 Å². The highest BCUT2D eigenvalue weighted by molar-refractivity contribution is 5.25. The molecule has 130 valence electrons. The van der Waals surface area contributed by atoms with Gasteiger partial charge in [-0.2, -0.15) is 0 Å². The molecule has 1 nitrogen and oxygen atoms in total. The summed E-state index contributed by atoms with van der Waals surface area (Å²) in [5.41, 5.74) is 2.63. The topological polar surface area (TPSA) is 20.2 Å². The lowest BCUT2D eigenvalue weighted by atomic mass is 9.46. The van der Waals surface area contributed by atoms with Crippen LogP contribution in [0.4, 0.5) is 0 Å². The van der Waals surface area contributed by atoms with E-state index in [0.717, 1.165) is 36.0 Å². The van der Waals surface area contributed by atoms with E-state index in [1.807, 2.05) is 0 Å². The maximum absolute atomic E-state index is 10.1. The van der Waals surface area contributed by atoms with E-state index in [4.69, 9.17) is 0 Å². The van der Waals surface area contributed by atoms with Crippen LogP contribution in [0.2, 0.25) is 0 Å². The van der Waals surface area contributed by atoms with Crippen LogP contribution in [0.15, 0.2) is 11.6 Å². The van der Waals surface area contributed by atoms with Crippen molar-refractivity contribution in [3.63, 3.8) is 0 Å². The quantitative estimate of drug-likeness (QED) is 0.626. The molecule has 4 aliphatic carbocycles. The number of aliphatic hydroxyl groups excluding tert-OH is 1. The fourth-order valence-electron chi connectivity index (χ4n) is 7.85. The van der Waals surface area contributed by atoms with E-state index < -0.39 is 0 Å². The van der Waals surface area contributed by atoms with Crippen molar-refractivity contribution in [2.24, 2.45) is 40.4 Å². The second kappa shape index (κ2) is 5.35. The van der Waals surface area contributed by atoms with Gasteiger partial charge in [-0.05, 0) is 91.8 Å². The third kappa shape index (κ3) is 2.21. The lowest BCUT2D eigenvalue weighted by Gasteiger charge is -2.59. The lowest BCUT2D eigenvalue weighted by molar-refractivity contribution is -0.0610. The molecule has 0 radical (unpaired) electrons. The zero-order valence-electron chi connectivity index (χ0n) is 15.6.